The number of likely N-dealkylation sites (tertiary alicyclic amines) is 1. The van der Waals surface area contributed by atoms with Crippen LogP contribution in [0.2, 0.25) is 0 Å². The van der Waals surface area contributed by atoms with E-state index >= 15 is 0 Å². The summed E-state index contributed by atoms with van der Waals surface area (Å²) in [5.41, 5.74) is 0. The van der Waals surface area contributed by atoms with Gasteiger partial charge < -0.3 is 15.0 Å². The molecule has 116 valence electrons. The van der Waals surface area contributed by atoms with Crippen molar-refractivity contribution in [2.24, 2.45) is 17.8 Å². The van der Waals surface area contributed by atoms with Crippen LogP contribution in [0.25, 0.3) is 0 Å². The average molecular weight is 308 g/mol. The number of nitrogens with zero attached hydrogens (tertiary/aromatic N) is 1. The van der Waals surface area contributed by atoms with Crippen molar-refractivity contribution in [3.63, 3.8) is 0 Å². The Kier molecular flexibility index (Phi) is 4.48. The lowest BCUT2D eigenvalue weighted by molar-refractivity contribution is -0.149. The van der Waals surface area contributed by atoms with Gasteiger partial charge in [0, 0.05) is 19.1 Å². The van der Waals surface area contributed by atoms with Crippen LogP contribution in [0.1, 0.15) is 32.6 Å². The summed E-state index contributed by atoms with van der Waals surface area (Å²) in [7, 11) is 0. The number of hydrogen-bond acceptors (Lipinski definition) is 3. The first-order chi connectivity index (χ1) is 10.2. The number of piperidine rings is 1. The lowest BCUT2D eigenvalue weighted by Crippen LogP contribution is -2.49. The summed E-state index contributed by atoms with van der Waals surface area (Å²) < 4.78 is 5.10. The second-order valence-electron chi connectivity index (χ2n) is 6.35. The lowest BCUT2D eigenvalue weighted by Gasteiger charge is -2.34. The Bertz CT molecular complexity index is 444. The molecule has 1 heterocycles. The van der Waals surface area contributed by atoms with E-state index in [4.69, 9.17) is 17.0 Å². The number of rotatable bonds is 3. The molecule has 0 aromatic carbocycles. The predicted molar refractivity (Wildman–Crippen MR) is 85.8 cm³/mol. The first-order valence-electron chi connectivity index (χ1n) is 8.07. The standard InChI is InChI=1S/C16H24N2O2S/c1-2-20-15(19)12-5-7-18(8-6-12)16(21)17-14-10-11-3-4-13(14)9-11/h3-4,11-14H,2,5-10H2,1H3,(H,17,21)/t11-,13+,14-/m1/s1. The number of esters is 1. The Labute approximate surface area is 131 Å². The highest BCUT2D eigenvalue weighted by atomic mass is 32.1. The summed E-state index contributed by atoms with van der Waals surface area (Å²) in [5.74, 6) is 1.42. The van der Waals surface area contributed by atoms with Crippen LogP contribution in [0.4, 0.5) is 0 Å². The number of hydrogen-bond donors (Lipinski definition) is 1. The summed E-state index contributed by atoms with van der Waals surface area (Å²) in [6.07, 6.45) is 8.86. The number of ether oxygens (including phenoxy) is 1. The van der Waals surface area contributed by atoms with Gasteiger partial charge in [-0.05, 0) is 56.7 Å². The van der Waals surface area contributed by atoms with Gasteiger partial charge in [0.2, 0.25) is 0 Å². The summed E-state index contributed by atoms with van der Waals surface area (Å²) >= 11 is 5.56. The zero-order valence-electron chi connectivity index (χ0n) is 12.6. The lowest BCUT2D eigenvalue weighted by atomic mass is 9.97. The Balaban J connectivity index is 1.45. The van der Waals surface area contributed by atoms with Crippen LogP contribution in [0.15, 0.2) is 12.2 Å². The first kappa shape index (κ1) is 14.8. The fourth-order valence-electron chi connectivity index (χ4n) is 3.77. The van der Waals surface area contributed by atoms with Crippen LogP contribution >= 0.6 is 12.2 Å². The molecule has 0 aromatic heterocycles. The molecule has 0 spiro atoms. The molecule has 1 aliphatic heterocycles. The normalized spacial score (nSPS) is 31.5. The minimum Gasteiger partial charge on any atom is -0.466 e. The van der Waals surface area contributed by atoms with Gasteiger partial charge in [0.05, 0.1) is 12.5 Å². The van der Waals surface area contributed by atoms with E-state index in [-0.39, 0.29) is 11.9 Å². The molecule has 0 radical (unpaired) electrons. The Morgan fingerprint density at radius 1 is 1.33 bits per heavy atom. The van der Waals surface area contributed by atoms with E-state index in [1.54, 1.807) is 0 Å². The monoisotopic (exact) mass is 308 g/mol. The van der Waals surface area contributed by atoms with Crippen molar-refractivity contribution in [2.45, 2.75) is 38.6 Å². The van der Waals surface area contributed by atoms with Crippen molar-refractivity contribution in [2.75, 3.05) is 19.7 Å². The highest BCUT2D eigenvalue weighted by molar-refractivity contribution is 7.80. The average Bonchev–Trinajstić information content (AvgIpc) is 3.10. The van der Waals surface area contributed by atoms with Crippen molar-refractivity contribution in [3.05, 3.63) is 12.2 Å². The van der Waals surface area contributed by atoms with E-state index in [1.807, 2.05) is 6.92 Å². The Morgan fingerprint density at radius 2 is 2.10 bits per heavy atom. The molecule has 1 saturated carbocycles. The van der Waals surface area contributed by atoms with Gasteiger partial charge in [0.25, 0.3) is 0 Å². The van der Waals surface area contributed by atoms with Gasteiger partial charge in [0.15, 0.2) is 5.11 Å². The van der Waals surface area contributed by atoms with Gasteiger partial charge in [-0.2, -0.15) is 0 Å². The summed E-state index contributed by atoms with van der Waals surface area (Å²) in [5, 5.41) is 4.40. The quantitative estimate of drug-likeness (QED) is 0.491. The second kappa shape index (κ2) is 6.34. The van der Waals surface area contributed by atoms with Crippen LogP contribution in [0, 0.1) is 17.8 Å². The van der Waals surface area contributed by atoms with Gasteiger partial charge in [-0.1, -0.05) is 12.2 Å². The van der Waals surface area contributed by atoms with Crippen LogP contribution in [-0.4, -0.2) is 41.7 Å². The van der Waals surface area contributed by atoms with Gasteiger partial charge in [-0.15, -0.1) is 0 Å². The molecular weight excluding hydrogens is 284 g/mol. The smallest absolute Gasteiger partial charge is 0.309 e. The summed E-state index contributed by atoms with van der Waals surface area (Å²) in [4.78, 5) is 14.0. The maximum Gasteiger partial charge on any atom is 0.309 e. The molecule has 3 aliphatic rings. The Hall–Kier alpha value is -1.10. The van der Waals surface area contributed by atoms with E-state index in [1.165, 1.54) is 12.8 Å². The number of thiocarbonyl (C=S) groups is 1. The van der Waals surface area contributed by atoms with Crippen molar-refractivity contribution in [1.29, 1.82) is 0 Å². The van der Waals surface area contributed by atoms with Crippen LogP contribution in [0.5, 0.6) is 0 Å². The maximum absolute atomic E-state index is 11.7. The fraction of sp³-hybridized carbons (Fsp3) is 0.750. The number of fused-ring (bicyclic) bond motifs is 2. The minimum absolute atomic E-state index is 0.0470. The summed E-state index contributed by atoms with van der Waals surface area (Å²) in [6.45, 7) is 4.03. The van der Waals surface area contributed by atoms with Gasteiger partial charge in [-0.3, -0.25) is 4.79 Å². The largest absolute Gasteiger partial charge is 0.466 e. The number of carbonyl (C=O) groups excluding carboxylic acids is 1. The highest BCUT2D eigenvalue weighted by Gasteiger charge is 2.36. The molecule has 3 atom stereocenters. The number of carbonyl (C=O) groups is 1. The predicted octanol–water partition coefficient (Wildman–Crippen LogP) is 2.10. The number of allylic oxidation sites excluding steroid dienone is 1. The molecule has 0 amide bonds. The van der Waals surface area contributed by atoms with Crippen molar-refractivity contribution in [3.8, 4) is 0 Å². The zero-order valence-corrected chi connectivity index (χ0v) is 13.4. The molecule has 0 unspecified atom stereocenters. The molecule has 0 aromatic rings. The minimum atomic E-state index is -0.0470. The fourth-order valence-corrected chi connectivity index (χ4v) is 4.11. The molecule has 2 bridgehead atoms. The van der Waals surface area contributed by atoms with Crippen LogP contribution in [-0.2, 0) is 9.53 Å². The van der Waals surface area contributed by atoms with Crippen molar-refractivity contribution >= 4 is 23.3 Å². The molecule has 5 heteroatoms. The second-order valence-corrected chi connectivity index (χ2v) is 6.74. The van der Waals surface area contributed by atoms with E-state index in [0.29, 0.717) is 18.6 Å². The first-order valence-corrected chi connectivity index (χ1v) is 8.48. The molecular formula is C16H24N2O2S. The van der Waals surface area contributed by atoms with Crippen molar-refractivity contribution < 1.29 is 9.53 Å². The third-order valence-corrected chi connectivity index (χ3v) is 5.37. The summed E-state index contributed by atoms with van der Waals surface area (Å²) in [6, 6.07) is 0.510. The zero-order chi connectivity index (χ0) is 14.8. The topological polar surface area (TPSA) is 41.6 Å². The van der Waals surface area contributed by atoms with Gasteiger partial charge in [-0.25, -0.2) is 0 Å². The van der Waals surface area contributed by atoms with Gasteiger partial charge >= 0.3 is 5.97 Å². The van der Waals surface area contributed by atoms with E-state index < -0.39 is 0 Å². The molecule has 3 rings (SSSR count). The van der Waals surface area contributed by atoms with E-state index in [9.17, 15) is 4.79 Å². The number of nitrogens with one attached hydrogen (secondary N) is 1. The molecule has 4 nitrogen and oxygen atoms in total. The SMILES string of the molecule is CCOC(=O)C1CCN(C(=S)N[C@@H]2C[C@@H]3C=C[C@H]2C3)CC1. The molecule has 2 fully saturated rings. The third kappa shape index (κ3) is 3.23. The highest BCUT2D eigenvalue weighted by Crippen LogP contribution is 2.39. The van der Waals surface area contributed by atoms with E-state index in [0.717, 1.165) is 37.0 Å². The third-order valence-electron chi connectivity index (χ3n) is 4.99. The molecule has 1 saturated heterocycles. The molecule has 2 aliphatic carbocycles. The maximum atomic E-state index is 11.7. The van der Waals surface area contributed by atoms with Crippen LogP contribution in [0.3, 0.4) is 0 Å². The van der Waals surface area contributed by atoms with Gasteiger partial charge in [0.1, 0.15) is 0 Å². The van der Waals surface area contributed by atoms with Crippen molar-refractivity contribution in [1.82, 2.24) is 10.2 Å². The van der Waals surface area contributed by atoms with Crippen LogP contribution < -0.4 is 5.32 Å². The van der Waals surface area contributed by atoms with E-state index in [2.05, 4.69) is 22.4 Å². The molecule has 21 heavy (non-hydrogen) atoms. The Morgan fingerprint density at radius 3 is 2.67 bits per heavy atom. The molecule has 1 N–H and O–H groups in total.